The van der Waals surface area contributed by atoms with Crippen LogP contribution in [0, 0.1) is 0 Å². The van der Waals surface area contributed by atoms with E-state index in [1.807, 2.05) is 12.1 Å². The summed E-state index contributed by atoms with van der Waals surface area (Å²) in [7, 11) is 0. The van der Waals surface area contributed by atoms with Crippen molar-refractivity contribution in [1.29, 1.82) is 0 Å². The number of ether oxygens (including phenoxy) is 2. The highest BCUT2D eigenvalue weighted by Gasteiger charge is 2.13. The van der Waals surface area contributed by atoms with Crippen LogP contribution in [0.2, 0.25) is 0 Å². The molecule has 1 aromatic carbocycles. The zero-order valence-electron chi connectivity index (χ0n) is 14.3. The first-order valence-electron chi connectivity index (χ1n) is 8.68. The summed E-state index contributed by atoms with van der Waals surface area (Å²) < 4.78 is 10.3. The van der Waals surface area contributed by atoms with Gasteiger partial charge in [-0.3, -0.25) is 0 Å². The molecule has 0 aromatic heterocycles. The third-order valence-electron chi connectivity index (χ3n) is 3.77. The van der Waals surface area contributed by atoms with E-state index in [9.17, 15) is 4.79 Å². The number of carbonyl (C=O) groups is 1. The predicted octanol–water partition coefficient (Wildman–Crippen LogP) is 5.69. The van der Waals surface area contributed by atoms with Crippen molar-refractivity contribution < 1.29 is 14.3 Å². The Bertz CT molecular complexity index is 440. The number of hydrogen-bond acceptors (Lipinski definition) is 3. The van der Waals surface area contributed by atoms with Crippen LogP contribution in [0.4, 0.5) is 4.79 Å². The van der Waals surface area contributed by atoms with Gasteiger partial charge in [-0.1, -0.05) is 51.7 Å². The van der Waals surface area contributed by atoms with E-state index in [4.69, 9.17) is 9.47 Å². The average molecular weight is 306 g/mol. The quantitative estimate of drug-likeness (QED) is 0.316. The predicted molar refractivity (Wildman–Crippen MR) is 90.6 cm³/mol. The molecule has 0 fully saturated rings. The van der Waals surface area contributed by atoms with Gasteiger partial charge in [0.15, 0.2) is 0 Å². The molecular weight excluding hydrogens is 276 g/mol. The first-order valence-corrected chi connectivity index (χ1v) is 8.68. The Balaban J connectivity index is 2.86. The van der Waals surface area contributed by atoms with Crippen LogP contribution in [0.25, 0.3) is 0 Å². The van der Waals surface area contributed by atoms with E-state index >= 15 is 0 Å². The van der Waals surface area contributed by atoms with Crippen LogP contribution < -0.4 is 4.74 Å². The summed E-state index contributed by atoms with van der Waals surface area (Å²) in [5.74, 6) is 0.670. The summed E-state index contributed by atoms with van der Waals surface area (Å²) in [6, 6.07) is 6.01. The average Bonchev–Trinajstić information content (AvgIpc) is 2.50. The minimum absolute atomic E-state index is 0.334. The summed E-state index contributed by atoms with van der Waals surface area (Å²) in [5, 5.41) is 0. The molecule has 1 aromatic rings. The number of unbranched alkanes of at least 4 members (excludes halogenated alkanes) is 4. The maximum Gasteiger partial charge on any atom is 0.513 e. The molecule has 0 aliphatic rings. The standard InChI is InChI=1S/C19H30O3/c1-4-7-9-12-16-13-11-15-18(22-19(20)21-6-3)17(16)14-10-8-5-2/h11,13,15H,4-10,12,14H2,1-3H3. The van der Waals surface area contributed by atoms with Crippen LogP contribution in [0.1, 0.15) is 70.4 Å². The number of benzene rings is 1. The van der Waals surface area contributed by atoms with E-state index in [0.29, 0.717) is 12.4 Å². The monoisotopic (exact) mass is 306 g/mol. The molecule has 0 saturated carbocycles. The van der Waals surface area contributed by atoms with Gasteiger partial charge >= 0.3 is 6.16 Å². The molecule has 0 spiro atoms. The minimum Gasteiger partial charge on any atom is -0.434 e. The van der Waals surface area contributed by atoms with Gasteiger partial charge in [-0.25, -0.2) is 4.79 Å². The number of rotatable bonds is 10. The third kappa shape index (κ3) is 6.50. The van der Waals surface area contributed by atoms with Gasteiger partial charge in [0, 0.05) is 0 Å². The Kier molecular flexibility index (Phi) is 9.36. The zero-order chi connectivity index (χ0) is 16.2. The van der Waals surface area contributed by atoms with Gasteiger partial charge in [0.25, 0.3) is 0 Å². The van der Waals surface area contributed by atoms with E-state index in [-0.39, 0.29) is 0 Å². The van der Waals surface area contributed by atoms with E-state index in [2.05, 4.69) is 19.9 Å². The fourth-order valence-electron chi connectivity index (χ4n) is 2.58. The molecule has 0 amide bonds. The van der Waals surface area contributed by atoms with E-state index in [0.717, 1.165) is 19.3 Å². The fraction of sp³-hybridized carbons (Fsp3) is 0.632. The Hall–Kier alpha value is -1.51. The Morgan fingerprint density at radius 1 is 0.955 bits per heavy atom. The maximum absolute atomic E-state index is 11.6. The van der Waals surface area contributed by atoms with Gasteiger partial charge in [0.05, 0.1) is 6.61 Å². The van der Waals surface area contributed by atoms with Crippen LogP contribution in [0.15, 0.2) is 18.2 Å². The van der Waals surface area contributed by atoms with Gasteiger partial charge in [-0.05, 0) is 49.8 Å². The van der Waals surface area contributed by atoms with Gasteiger partial charge in [-0.15, -0.1) is 0 Å². The number of aryl methyl sites for hydroxylation is 1. The van der Waals surface area contributed by atoms with Gasteiger partial charge in [0.1, 0.15) is 5.75 Å². The van der Waals surface area contributed by atoms with Crippen molar-refractivity contribution in [2.45, 2.75) is 72.1 Å². The molecule has 1 rings (SSSR count). The van der Waals surface area contributed by atoms with Crippen molar-refractivity contribution in [3.63, 3.8) is 0 Å². The molecule has 3 nitrogen and oxygen atoms in total. The molecule has 3 heteroatoms. The molecule has 0 N–H and O–H groups in total. The Morgan fingerprint density at radius 2 is 1.64 bits per heavy atom. The summed E-state index contributed by atoms with van der Waals surface area (Å²) in [4.78, 5) is 11.6. The Labute approximate surface area is 135 Å². The van der Waals surface area contributed by atoms with Crippen LogP contribution >= 0.6 is 0 Å². The van der Waals surface area contributed by atoms with Crippen molar-refractivity contribution in [2.75, 3.05) is 6.61 Å². The van der Waals surface area contributed by atoms with Crippen molar-refractivity contribution in [2.24, 2.45) is 0 Å². The zero-order valence-corrected chi connectivity index (χ0v) is 14.3. The van der Waals surface area contributed by atoms with E-state index in [1.165, 1.54) is 43.2 Å². The highest BCUT2D eigenvalue weighted by molar-refractivity contribution is 5.64. The SMILES string of the molecule is CCCCCc1cccc(OC(=O)OCC)c1CCCCC. The lowest BCUT2D eigenvalue weighted by Gasteiger charge is -2.14. The van der Waals surface area contributed by atoms with Crippen molar-refractivity contribution in [3.05, 3.63) is 29.3 Å². The van der Waals surface area contributed by atoms with Crippen molar-refractivity contribution >= 4 is 6.16 Å². The van der Waals surface area contributed by atoms with E-state index < -0.39 is 6.16 Å². The molecule has 0 aliphatic heterocycles. The van der Waals surface area contributed by atoms with Crippen molar-refractivity contribution in [1.82, 2.24) is 0 Å². The third-order valence-corrected chi connectivity index (χ3v) is 3.77. The van der Waals surface area contributed by atoms with E-state index in [1.54, 1.807) is 6.92 Å². The number of carbonyl (C=O) groups excluding carboxylic acids is 1. The highest BCUT2D eigenvalue weighted by Crippen LogP contribution is 2.26. The van der Waals surface area contributed by atoms with Gasteiger partial charge < -0.3 is 9.47 Å². The van der Waals surface area contributed by atoms with Crippen LogP contribution in [0.3, 0.4) is 0 Å². The Morgan fingerprint density at radius 3 is 2.27 bits per heavy atom. The molecular formula is C19H30O3. The lowest BCUT2D eigenvalue weighted by Crippen LogP contribution is -2.12. The summed E-state index contributed by atoms with van der Waals surface area (Å²) >= 11 is 0. The van der Waals surface area contributed by atoms with Crippen molar-refractivity contribution in [3.8, 4) is 5.75 Å². The minimum atomic E-state index is -0.607. The summed E-state index contributed by atoms with van der Waals surface area (Å²) in [5.41, 5.74) is 2.49. The van der Waals surface area contributed by atoms with Crippen LogP contribution in [-0.2, 0) is 17.6 Å². The first kappa shape index (κ1) is 18.5. The molecule has 0 aliphatic carbocycles. The second-order valence-electron chi connectivity index (χ2n) is 5.59. The maximum atomic E-state index is 11.6. The second-order valence-corrected chi connectivity index (χ2v) is 5.59. The highest BCUT2D eigenvalue weighted by atomic mass is 16.7. The molecule has 0 atom stereocenters. The van der Waals surface area contributed by atoms with Crippen LogP contribution in [-0.4, -0.2) is 12.8 Å². The second kappa shape index (κ2) is 11.1. The first-order chi connectivity index (χ1) is 10.7. The lowest BCUT2D eigenvalue weighted by molar-refractivity contribution is 0.104. The topological polar surface area (TPSA) is 35.5 Å². The normalized spacial score (nSPS) is 10.5. The molecule has 0 unspecified atom stereocenters. The molecule has 0 bridgehead atoms. The summed E-state index contributed by atoms with van der Waals surface area (Å²) in [6.45, 7) is 6.52. The fourth-order valence-corrected chi connectivity index (χ4v) is 2.58. The lowest BCUT2D eigenvalue weighted by atomic mass is 9.96. The molecule has 22 heavy (non-hydrogen) atoms. The molecule has 0 heterocycles. The smallest absolute Gasteiger partial charge is 0.434 e. The molecule has 0 saturated heterocycles. The number of hydrogen-bond donors (Lipinski definition) is 0. The summed E-state index contributed by atoms with van der Waals surface area (Å²) in [6.07, 6.45) is 8.54. The largest absolute Gasteiger partial charge is 0.513 e. The van der Waals surface area contributed by atoms with Gasteiger partial charge in [-0.2, -0.15) is 0 Å². The van der Waals surface area contributed by atoms with Gasteiger partial charge in [0.2, 0.25) is 0 Å². The molecule has 0 radical (unpaired) electrons. The van der Waals surface area contributed by atoms with Crippen LogP contribution in [0.5, 0.6) is 5.75 Å². The molecule has 124 valence electrons.